The van der Waals surface area contributed by atoms with Crippen molar-refractivity contribution in [3.63, 3.8) is 0 Å². The third kappa shape index (κ3) is 3.26. The molecular formula is C25H21ClO2. The van der Waals surface area contributed by atoms with Crippen LogP contribution in [0.25, 0.3) is 11.3 Å². The number of hydrogen-bond acceptors (Lipinski definition) is 2. The molecule has 0 amide bonds. The predicted molar refractivity (Wildman–Crippen MR) is 115 cm³/mol. The van der Waals surface area contributed by atoms with Crippen molar-refractivity contribution in [3.05, 3.63) is 118 Å². The van der Waals surface area contributed by atoms with Crippen LogP contribution in [-0.4, -0.2) is 7.11 Å². The maximum atomic E-state index is 6.54. The first-order valence-corrected chi connectivity index (χ1v) is 9.56. The van der Waals surface area contributed by atoms with Crippen LogP contribution in [0.2, 0.25) is 5.02 Å². The Kier molecular flexibility index (Phi) is 5.08. The minimum atomic E-state index is -1.03. The minimum Gasteiger partial charge on any atom is -0.453 e. The molecule has 0 spiro atoms. The lowest BCUT2D eigenvalue weighted by Crippen LogP contribution is -2.35. The molecule has 0 saturated heterocycles. The third-order valence-corrected chi connectivity index (χ3v) is 5.33. The molecule has 2 nitrogen and oxygen atoms in total. The van der Waals surface area contributed by atoms with Gasteiger partial charge in [0.1, 0.15) is 5.76 Å². The molecule has 1 aliphatic heterocycles. The summed E-state index contributed by atoms with van der Waals surface area (Å²) >= 11 is 6.12. The van der Waals surface area contributed by atoms with E-state index < -0.39 is 5.79 Å². The van der Waals surface area contributed by atoms with Gasteiger partial charge in [-0.2, -0.15) is 0 Å². The highest BCUT2D eigenvalue weighted by molar-refractivity contribution is 6.30. The molecule has 3 aromatic carbocycles. The van der Waals surface area contributed by atoms with Crippen molar-refractivity contribution in [2.75, 3.05) is 7.11 Å². The second-order valence-corrected chi connectivity index (χ2v) is 7.15. The number of benzene rings is 3. The van der Waals surface area contributed by atoms with Crippen LogP contribution < -0.4 is 0 Å². The quantitative estimate of drug-likeness (QED) is 0.496. The second kappa shape index (κ2) is 7.67. The Labute approximate surface area is 170 Å². The Bertz CT molecular complexity index is 1020. The molecule has 1 atom stereocenters. The van der Waals surface area contributed by atoms with E-state index in [2.05, 4.69) is 25.1 Å². The van der Waals surface area contributed by atoms with Gasteiger partial charge in [-0.15, -0.1) is 0 Å². The Hall–Kier alpha value is -2.81. The number of allylic oxidation sites excluding steroid dienone is 2. The van der Waals surface area contributed by atoms with Crippen molar-refractivity contribution in [1.29, 1.82) is 0 Å². The van der Waals surface area contributed by atoms with Crippen molar-refractivity contribution in [1.82, 2.24) is 0 Å². The first-order valence-electron chi connectivity index (χ1n) is 9.18. The maximum Gasteiger partial charge on any atom is 0.260 e. The molecule has 140 valence electrons. The molecule has 0 N–H and O–H groups in total. The Morgan fingerprint density at radius 3 is 1.93 bits per heavy atom. The van der Waals surface area contributed by atoms with Gasteiger partial charge in [-0.25, -0.2) is 0 Å². The van der Waals surface area contributed by atoms with Gasteiger partial charge in [0.05, 0.1) is 0 Å². The van der Waals surface area contributed by atoms with E-state index in [0.29, 0.717) is 5.02 Å². The molecule has 0 bridgehead atoms. The predicted octanol–water partition coefficient (Wildman–Crippen LogP) is 6.68. The van der Waals surface area contributed by atoms with E-state index in [-0.39, 0.29) is 0 Å². The average molecular weight is 389 g/mol. The van der Waals surface area contributed by atoms with Crippen LogP contribution in [0, 0.1) is 0 Å². The lowest BCUT2D eigenvalue weighted by molar-refractivity contribution is -0.160. The first-order chi connectivity index (χ1) is 13.6. The molecule has 0 aliphatic carbocycles. The molecular weight excluding hydrogens is 368 g/mol. The van der Waals surface area contributed by atoms with E-state index in [0.717, 1.165) is 33.6 Å². The fourth-order valence-corrected chi connectivity index (χ4v) is 3.72. The van der Waals surface area contributed by atoms with Crippen molar-refractivity contribution >= 4 is 22.9 Å². The van der Waals surface area contributed by atoms with Crippen LogP contribution in [0.1, 0.15) is 23.6 Å². The van der Waals surface area contributed by atoms with Crippen molar-refractivity contribution < 1.29 is 9.47 Å². The zero-order valence-corrected chi connectivity index (χ0v) is 16.6. The summed E-state index contributed by atoms with van der Waals surface area (Å²) in [5.74, 6) is -0.266. The highest BCUT2D eigenvalue weighted by atomic mass is 35.5. The number of rotatable bonds is 4. The molecule has 1 unspecified atom stereocenters. The first kappa shape index (κ1) is 18.5. The molecule has 0 saturated carbocycles. The van der Waals surface area contributed by atoms with Crippen LogP contribution in [0.15, 0.2) is 96.6 Å². The molecule has 3 heteroatoms. The van der Waals surface area contributed by atoms with Gasteiger partial charge < -0.3 is 9.47 Å². The zero-order valence-electron chi connectivity index (χ0n) is 15.9. The Morgan fingerprint density at radius 2 is 1.36 bits per heavy atom. The SMILES string of the molecule is COC1(c2ccc(Cl)cc2)OC(c2ccccc2)=CC(c2ccccc2)=C1C. The van der Waals surface area contributed by atoms with Crippen LogP contribution in [0.5, 0.6) is 0 Å². The second-order valence-electron chi connectivity index (χ2n) is 6.71. The average Bonchev–Trinajstić information content (AvgIpc) is 2.76. The molecule has 0 fully saturated rings. The Morgan fingerprint density at radius 1 is 0.786 bits per heavy atom. The number of methoxy groups -OCH3 is 1. The highest BCUT2D eigenvalue weighted by Gasteiger charge is 2.42. The van der Waals surface area contributed by atoms with E-state index in [4.69, 9.17) is 21.1 Å². The van der Waals surface area contributed by atoms with Gasteiger partial charge in [-0.3, -0.25) is 0 Å². The highest BCUT2D eigenvalue weighted by Crippen LogP contribution is 2.46. The molecule has 0 radical (unpaired) electrons. The normalized spacial score (nSPS) is 19.2. The van der Waals surface area contributed by atoms with Crippen LogP contribution in [0.4, 0.5) is 0 Å². The van der Waals surface area contributed by atoms with E-state index in [1.165, 1.54) is 0 Å². The smallest absolute Gasteiger partial charge is 0.260 e. The van der Waals surface area contributed by atoms with E-state index in [9.17, 15) is 0 Å². The van der Waals surface area contributed by atoms with Crippen LogP contribution in [-0.2, 0) is 15.3 Å². The molecule has 28 heavy (non-hydrogen) atoms. The standard InChI is InChI=1S/C25H21ClO2/c1-18-23(19-9-5-3-6-10-19)17-24(20-11-7-4-8-12-20)28-25(18,27-2)21-13-15-22(26)16-14-21/h3-17H,1-2H3. The summed E-state index contributed by atoms with van der Waals surface area (Å²) in [5.41, 5.74) is 5.09. The van der Waals surface area contributed by atoms with Crippen molar-refractivity contribution in [3.8, 4) is 0 Å². The summed E-state index contributed by atoms with van der Waals surface area (Å²) in [7, 11) is 1.68. The monoisotopic (exact) mass is 388 g/mol. The van der Waals surface area contributed by atoms with Gasteiger partial charge in [-0.1, -0.05) is 84.4 Å². The lowest BCUT2D eigenvalue weighted by Gasteiger charge is -2.39. The summed E-state index contributed by atoms with van der Waals surface area (Å²) in [4.78, 5) is 0. The number of ether oxygens (including phenoxy) is 2. The summed E-state index contributed by atoms with van der Waals surface area (Å²) in [5, 5.41) is 0.676. The summed E-state index contributed by atoms with van der Waals surface area (Å²) in [6.45, 7) is 2.05. The number of halogens is 1. The maximum absolute atomic E-state index is 6.54. The van der Waals surface area contributed by atoms with Gasteiger partial charge >= 0.3 is 0 Å². The Balaban J connectivity index is 1.95. The van der Waals surface area contributed by atoms with Crippen LogP contribution in [0.3, 0.4) is 0 Å². The third-order valence-electron chi connectivity index (χ3n) is 5.08. The molecule has 0 aromatic heterocycles. The number of hydrogen-bond donors (Lipinski definition) is 0. The van der Waals surface area contributed by atoms with Crippen LogP contribution >= 0.6 is 11.6 Å². The van der Waals surface area contributed by atoms with E-state index in [1.54, 1.807) is 7.11 Å². The molecule has 3 aromatic rings. The van der Waals surface area contributed by atoms with Crippen molar-refractivity contribution in [2.45, 2.75) is 12.7 Å². The summed E-state index contributed by atoms with van der Waals surface area (Å²) < 4.78 is 12.6. The molecule has 1 heterocycles. The topological polar surface area (TPSA) is 18.5 Å². The van der Waals surface area contributed by atoms with Gasteiger partial charge in [0.25, 0.3) is 5.79 Å². The summed E-state index contributed by atoms with van der Waals surface area (Å²) in [6, 6.07) is 28.0. The zero-order chi connectivity index (χ0) is 19.6. The lowest BCUT2D eigenvalue weighted by atomic mass is 9.87. The summed E-state index contributed by atoms with van der Waals surface area (Å²) in [6.07, 6.45) is 2.09. The van der Waals surface area contributed by atoms with Gasteiger partial charge in [0.2, 0.25) is 0 Å². The molecule has 4 rings (SSSR count). The van der Waals surface area contributed by atoms with Gasteiger partial charge in [0, 0.05) is 28.8 Å². The fourth-order valence-electron chi connectivity index (χ4n) is 3.60. The van der Waals surface area contributed by atoms with Crippen molar-refractivity contribution in [2.24, 2.45) is 0 Å². The van der Waals surface area contributed by atoms with E-state index >= 15 is 0 Å². The molecule has 1 aliphatic rings. The van der Waals surface area contributed by atoms with Gasteiger partial charge in [0.15, 0.2) is 0 Å². The minimum absolute atomic E-state index is 0.676. The largest absolute Gasteiger partial charge is 0.453 e. The van der Waals surface area contributed by atoms with E-state index in [1.807, 2.05) is 72.8 Å². The fraction of sp³-hybridized carbons (Fsp3) is 0.120. The van der Waals surface area contributed by atoms with Gasteiger partial charge in [-0.05, 0) is 36.3 Å².